The van der Waals surface area contributed by atoms with E-state index < -0.39 is 0 Å². The lowest BCUT2D eigenvalue weighted by molar-refractivity contribution is -0.132. The molecule has 114 valence electrons. The highest BCUT2D eigenvalue weighted by Crippen LogP contribution is 2.12. The number of hydrogen-bond donors (Lipinski definition) is 1. The van der Waals surface area contributed by atoms with Crippen LogP contribution in [-0.4, -0.2) is 47.8 Å². The number of carbonyl (C=O) groups is 2. The van der Waals surface area contributed by atoms with E-state index in [1.165, 1.54) is 0 Å². The maximum absolute atomic E-state index is 12.4. The summed E-state index contributed by atoms with van der Waals surface area (Å²) in [6.45, 7) is 4.71. The fourth-order valence-electron chi connectivity index (χ4n) is 2.69. The van der Waals surface area contributed by atoms with Crippen LogP contribution in [0.5, 0.6) is 0 Å². The Morgan fingerprint density at radius 2 is 1.67 bits per heavy atom. The van der Waals surface area contributed by atoms with Crippen molar-refractivity contribution in [3.63, 3.8) is 0 Å². The molecule has 1 aliphatic rings. The van der Waals surface area contributed by atoms with E-state index in [9.17, 15) is 9.59 Å². The first-order valence-corrected chi connectivity index (χ1v) is 7.42. The summed E-state index contributed by atoms with van der Waals surface area (Å²) in [7, 11) is 0. The predicted octanol–water partition coefficient (Wildman–Crippen LogP) is 0.769. The molecule has 1 fully saturated rings. The molecule has 2 rings (SSSR count). The monoisotopic (exact) mass is 289 g/mol. The average Bonchev–Trinajstić information content (AvgIpc) is 2.73. The van der Waals surface area contributed by atoms with Crippen LogP contribution in [0, 0.1) is 0 Å². The lowest BCUT2D eigenvalue weighted by Gasteiger charge is -2.22. The Labute approximate surface area is 125 Å². The van der Waals surface area contributed by atoms with Crippen LogP contribution in [0.4, 0.5) is 0 Å². The molecule has 0 radical (unpaired) electrons. The molecule has 1 aromatic rings. The van der Waals surface area contributed by atoms with Gasteiger partial charge in [-0.05, 0) is 17.5 Å². The number of nitrogens with zero attached hydrogens (tertiary/aromatic N) is 2. The Morgan fingerprint density at radius 1 is 1.05 bits per heavy atom. The molecule has 0 aromatic heterocycles. The Hall–Kier alpha value is -1.88. The number of nitrogens with two attached hydrogens (primary N) is 1. The molecule has 2 N–H and O–H groups in total. The zero-order chi connectivity index (χ0) is 15.2. The largest absolute Gasteiger partial charge is 0.341 e. The second-order valence-corrected chi connectivity index (χ2v) is 5.39. The minimum Gasteiger partial charge on any atom is -0.341 e. The molecule has 0 spiro atoms. The molecule has 1 aliphatic heterocycles. The van der Waals surface area contributed by atoms with Gasteiger partial charge in [-0.25, -0.2) is 0 Å². The van der Waals surface area contributed by atoms with Gasteiger partial charge in [0.1, 0.15) is 0 Å². The number of amides is 2. The molecular weight excluding hydrogens is 266 g/mol. The Balaban J connectivity index is 1.98. The molecule has 0 aliphatic carbocycles. The zero-order valence-electron chi connectivity index (χ0n) is 12.5. The van der Waals surface area contributed by atoms with Crippen molar-refractivity contribution in [3.8, 4) is 0 Å². The van der Waals surface area contributed by atoms with E-state index in [-0.39, 0.29) is 11.8 Å². The summed E-state index contributed by atoms with van der Waals surface area (Å²) in [6, 6.07) is 7.79. The summed E-state index contributed by atoms with van der Waals surface area (Å²) in [5.41, 5.74) is 7.73. The SMILES string of the molecule is CC(=O)N1CCCN(C(=O)Cc2ccccc2CN)CC1. The number of rotatable bonds is 3. The van der Waals surface area contributed by atoms with Gasteiger partial charge >= 0.3 is 0 Å². The van der Waals surface area contributed by atoms with Crippen molar-refractivity contribution < 1.29 is 9.59 Å². The van der Waals surface area contributed by atoms with Crippen LogP contribution in [0.25, 0.3) is 0 Å². The summed E-state index contributed by atoms with van der Waals surface area (Å²) in [6.07, 6.45) is 1.22. The highest BCUT2D eigenvalue weighted by Gasteiger charge is 2.20. The first-order chi connectivity index (χ1) is 10.1. The third-order valence-electron chi connectivity index (χ3n) is 3.97. The number of benzene rings is 1. The van der Waals surface area contributed by atoms with Gasteiger partial charge in [0.05, 0.1) is 6.42 Å². The van der Waals surface area contributed by atoms with Gasteiger partial charge in [-0.2, -0.15) is 0 Å². The van der Waals surface area contributed by atoms with Crippen molar-refractivity contribution in [3.05, 3.63) is 35.4 Å². The highest BCUT2D eigenvalue weighted by atomic mass is 16.2. The molecule has 1 heterocycles. The molecule has 0 bridgehead atoms. The average molecular weight is 289 g/mol. The van der Waals surface area contributed by atoms with Gasteiger partial charge in [0, 0.05) is 39.6 Å². The number of carbonyl (C=O) groups excluding carboxylic acids is 2. The molecule has 1 aromatic carbocycles. The van der Waals surface area contributed by atoms with Crippen molar-refractivity contribution in [2.75, 3.05) is 26.2 Å². The maximum atomic E-state index is 12.4. The van der Waals surface area contributed by atoms with Crippen LogP contribution in [0.2, 0.25) is 0 Å². The molecular formula is C16H23N3O2. The normalized spacial score (nSPS) is 15.7. The van der Waals surface area contributed by atoms with Gasteiger partial charge in [0.15, 0.2) is 0 Å². The Morgan fingerprint density at radius 3 is 2.33 bits per heavy atom. The van der Waals surface area contributed by atoms with Gasteiger partial charge in [-0.3, -0.25) is 9.59 Å². The quantitative estimate of drug-likeness (QED) is 0.893. The fourth-order valence-corrected chi connectivity index (χ4v) is 2.69. The van der Waals surface area contributed by atoms with Crippen LogP contribution in [0.15, 0.2) is 24.3 Å². The van der Waals surface area contributed by atoms with Crippen LogP contribution >= 0.6 is 0 Å². The highest BCUT2D eigenvalue weighted by molar-refractivity contribution is 5.79. The fraction of sp³-hybridized carbons (Fsp3) is 0.500. The van der Waals surface area contributed by atoms with E-state index in [2.05, 4.69) is 0 Å². The summed E-state index contributed by atoms with van der Waals surface area (Å²) in [5, 5.41) is 0. The van der Waals surface area contributed by atoms with Crippen molar-refractivity contribution in [1.29, 1.82) is 0 Å². The van der Waals surface area contributed by atoms with Crippen molar-refractivity contribution >= 4 is 11.8 Å². The molecule has 2 amide bonds. The van der Waals surface area contributed by atoms with E-state index >= 15 is 0 Å². The van der Waals surface area contributed by atoms with Gasteiger partial charge in [0.2, 0.25) is 11.8 Å². The summed E-state index contributed by atoms with van der Waals surface area (Å²) in [5.74, 6) is 0.194. The minimum absolute atomic E-state index is 0.0813. The molecule has 1 saturated heterocycles. The van der Waals surface area contributed by atoms with Crippen LogP contribution < -0.4 is 5.73 Å². The van der Waals surface area contributed by atoms with Crippen molar-refractivity contribution in [1.82, 2.24) is 9.80 Å². The molecule has 0 saturated carbocycles. The zero-order valence-corrected chi connectivity index (χ0v) is 12.5. The molecule has 5 heteroatoms. The molecule has 0 unspecified atom stereocenters. The lowest BCUT2D eigenvalue weighted by Crippen LogP contribution is -2.37. The third-order valence-corrected chi connectivity index (χ3v) is 3.97. The predicted molar refractivity (Wildman–Crippen MR) is 81.5 cm³/mol. The van der Waals surface area contributed by atoms with Gasteiger partial charge in [0.25, 0.3) is 0 Å². The molecule has 0 atom stereocenters. The van der Waals surface area contributed by atoms with E-state index in [1.807, 2.05) is 29.2 Å². The van der Waals surface area contributed by atoms with E-state index in [1.54, 1.807) is 11.8 Å². The topological polar surface area (TPSA) is 66.6 Å². The summed E-state index contributed by atoms with van der Waals surface area (Å²) >= 11 is 0. The van der Waals surface area contributed by atoms with Gasteiger partial charge in [-0.15, -0.1) is 0 Å². The smallest absolute Gasteiger partial charge is 0.227 e. The maximum Gasteiger partial charge on any atom is 0.227 e. The lowest BCUT2D eigenvalue weighted by atomic mass is 10.0. The van der Waals surface area contributed by atoms with Crippen molar-refractivity contribution in [2.24, 2.45) is 5.73 Å². The standard InChI is InChI=1S/C16H23N3O2/c1-13(20)18-7-4-8-19(10-9-18)16(21)11-14-5-2-3-6-15(14)12-17/h2-3,5-6H,4,7-12,17H2,1H3. The first kappa shape index (κ1) is 15.5. The summed E-state index contributed by atoms with van der Waals surface area (Å²) in [4.78, 5) is 27.5. The second-order valence-electron chi connectivity index (χ2n) is 5.39. The van der Waals surface area contributed by atoms with Gasteiger partial charge in [-0.1, -0.05) is 24.3 Å². The number of hydrogen-bond acceptors (Lipinski definition) is 3. The second kappa shape index (κ2) is 7.22. The van der Waals surface area contributed by atoms with E-state index in [4.69, 9.17) is 5.73 Å². The van der Waals surface area contributed by atoms with Gasteiger partial charge < -0.3 is 15.5 Å². The van der Waals surface area contributed by atoms with Crippen LogP contribution in [0.1, 0.15) is 24.5 Å². The first-order valence-electron chi connectivity index (χ1n) is 7.42. The van der Waals surface area contributed by atoms with Crippen LogP contribution in [-0.2, 0) is 22.6 Å². The van der Waals surface area contributed by atoms with E-state index in [0.717, 1.165) is 24.1 Å². The third kappa shape index (κ3) is 4.04. The van der Waals surface area contributed by atoms with Crippen LogP contribution in [0.3, 0.4) is 0 Å². The van der Waals surface area contributed by atoms with Crippen molar-refractivity contribution in [2.45, 2.75) is 26.3 Å². The van der Waals surface area contributed by atoms with E-state index in [0.29, 0.717) is 32.6 Å². The molecule has 21 heavy (non-hydrogen) atoms. The Bertz CT molecular complexity index is 516. The summed E-state index contributed by atoms with van der Waals surface area (Å²) < 4.78 is 0. The Kier molecular flexibility index (Phi) is 5.33. The minimum atomic E-state index is 0.0813. The molecule has 5 nitrogen and oxygen atoms in total.